The lowest BCUT2D eigenvalue weighted by molar-refractivity contribution is 0.140. The molecule has 0 spiro atoms. The topological polar surface area (TPSA) is 119 Å². The van der Waals surface area contributed by atoms with Crippen molar-refractivity contribution in [2.45, 2.75) is 66.7 Å². The Morgan fingerprint density at radius 3 is 2.11 bits per heavy atom. The number of nitrogens with zero attached hydrogens (tertiary/aromatic N) is 7. The van der Waals surface area contributed by atoms with E-state index in [1.807, 2.05) is 107 Å². The third kappa shape index (κ3) is 9.11. The summed E-state index contributed by atoms with van der Waals surface area (Å²) >= 11 is 2.04. The van der Waals surface area contributed by atoms with Crippen LogP contribution in [0.15, 0.2) is 47.9 Å². The van der Waals surface area contributed by atoms with E-state index in [1.54, 1.807) is 37.3 Å². The first-order valence-electron chi connectivity index (χ1n) is 14.9. The number of aryl methyl sites for hydroxylation is 3. The average Bonchev–Trinajstić information content (AvgIpc) is 3.65. The molecule has 1 atom stereocenters. The van der Waals surface area contributed by atoms with Crippen LogP contribution in [-0.4, -0.2) is 50.9 Å². The van der Waals surface area contributed by atoms with Crippen LogP contribution in [0.4, 0.5) is 31.8 Å². The normalized spacial score (nSPS) is 11.4. The Bertz CT molecular complexity index is 1720. The molecule has 4 heterocycles. The number of benzene rings is 1. The molecule has 0 aliphatic rings. The van der Waals surface area contributed by atoms with Crippen LogP contribution in [0.1, 0.15) is 65.2 Å². The summed E-state index contributed by atoms with van der Waals surface area (Å²) in [5.74, 6) is 0.495. The van der Waals surface area contributed by atoms with Gasteiger partial charge in [0.2, 0.25) is 0 Å². The fourth-order valence-corrected chi connectivity index (χ4v) is 7.13. The Balaban J connectivity index is 0.00000116. The molecule has 252 valence electrons. The molecule has 0 bridgehead atoms. The van der Waals surface area contributed by atoms with Gasteiger partial charge in [-0.3, -0.25) is 9.32 Å². The number of halogens is 3. The molecule has 1 unspecified atom stereocenters. The van der Waals surface area contributed by atoms with Gasteiger partial charge in [-0.25, -0.2) is 28.7 Å². The molecule has 0 radical (unpaired) electrons. The summed E-state index contributed by atoms with van der Waals surface area (Å²) in [6, 6.07) is 7.40. The Morgan fingerprint density at radius 1 is 0.891 bits per heavy atom. The van der Waals surface area contributed by atoms with Gasteiger partial charge in [0, 0.05) is 23.6 Å². The minimum Gasteiger partial charge on any atom is -0.353 e. The summed E-state index contributed by atoms with van der Waals surface area (Å²) in [4.78, 5) is 22.7. The molecule has 4 aromatic heterocycles. The number of imidazole rings is 2. The predicted octanol–water partition coefficient (Wildman–Crippen LogP) is 10.4. The van der Waals surface area contributed by atoms with Crippen LogP contribution in [0.3, 0.4) is 0 Å². The number of fused-ring (bicyclic) bond motifs is 1. The van der Waals surface area contributed by atoms with Crippen molar-refractivity contribution < 1.29 is 13.3 Å². The second kappa shape index (κ2) is 17.8. The van der Waals surface area contributed by atoms with Crippen LogP contribution >= 0.6 is 38.7 Å². The number of aromatic nitrogens is 7. The summed E-state index contributed by atoms with van der Waals surface area (Å²) in [6.07, 6.45) is 5.79. The number of nitrogens with one attached hydrogen (secondary N) is 2. The van der Waals surface area contributed by atoms with E-state index in [2.05, 4.69) is 35.6 Å². The Hall–Kier alpha value is -2.94. The van der Waals surface area contributed by atoms with Crippen molar-refractivity contribution in [3.05, 3.63) is 60.2 Å². The zero-order valence-electron chi connectivity index (χ0n) is 28.2. The lowest BCUT2D eigenvalue weighted by Crippen LogP contribution is -2.04. The van der Waals surface area contributed by atoms with Crippen molar-refractivity contribution in [3.8, 4) is 11.3 Å². The zero-order valence-corrected chi connectivity index (χ0v) is 32.2. The molecule has 10 nitrogen and oxygen atoms in total. The summed E-state index contributed by atoms with van der Waals surface area (Å²) in [7, 11) is -0.308. The fourth-order valence-electron chi connectivity index (χ4n) is 4.17. The van der Waals surface area contributed by atoms with Crippen molar-refractivity contribution in [3.63, 3.8) is 0 Å². The van der Waals surface area contributed by atoms with Crippen LogP contribution in [0.25, 0.3) is 22.4 Å². The highest BCUT2D eigenvalue weighted by Crippen LogP contribution is 2.51. The van der Waals surface area contributed by atoms with Crippen LogP contribution in [-0.2, 0) is 7.05 Å². The summed E-state index contributed by atoms with van der Waals surface area (Å²) in [5, 5.41) is 6.51. The van der Waals surface area contributed by atoms with Crippen LogP contribution in [0.5, 0.6) is 0 Å². The van der Waals surface area contributed by atoms with Gasteiger partial charge >= 0.3 is 0 Å². The lowest BCUT2D eigenvalue weighted by Gasteiger charge is -2.28. The van der Waals surface area contributed by atoms with E-state index in [1.165, 1.54) is 4.34 Å². The third-order valence-electron chi connectivity index (χ3n) is 6.27. The highest BCUT2D eigenvalue weighted by molar-refractivity contribution is 14.2. The molecule has 0 fully saturated rings. The molecule has 46 heavy (non-hydrogen) atoms. The third-order valence-corrected chi connectivity index (χ3v) is 9.74. The Labute approximate surface area is 287 Å². The van der Waals surface area contributed by atoms with Crippen molar-refractivity contribution >= 4 is 72.9 Å². The van der Waals surface area contributed by atoms with Gasteiger partial charge in [-0.1, -0.05) is 47.6 Å². The number of pyridine rings is 1. The number of hydrogen-bond acceptors (Lipinski definition) is 8. The van der Waals surface area contributed by atoms with Gasteiger partial charge in [0.15, 0.2) is 11.5 Å². The van der Waals surface area contributed by atoms with Gasteiger partial charge in [-0.15, -0.1) is 10.3 Å². The standard InChI is InChI=1S/C25H27F2IN9OPS.3C2H6/c1-13-14(2)31-21(11-30-13)33-20-9-17(22-24(34-20)37(39-28)25(35-22)23(26)27)32-16-7-6-15(8-19(16)40(4,5)38)18-10-29-12-36(18)3;3*1-2/h6-12,23,38-39H,1-5H3,(H2,31,32,33,34);3*1-2H3. The number of anilines is 4. The maximum absolute atomic E-state index is 14.0. The number of alkyl halides is 2. The van der Waals surface area contributed by atoms with Gasteiger partial charge in [0.1, 0.15) is 17.2 Å². The van der Waals surface area contributed by atoms with E-state index in [0.29, 0.717) is 39.1 Å². The Morgan fingerprint density at radius 2 is 1.57 bits per heavy atom. The lowest BCUT2D eigenvalue weighted by atomic mass is 10.1. The minimum atomic E-state index is -2.78. The van der Waals surface area contributed by atoms with Crippen LogP contribution < -0.4 is 10.6 Å². The molecule has 5 aromatic rings. The first-order valence-corrected chi connectivity index (χ1v) is 21.4. The monoisotopic (exact) mass is 787 g/mol. The van der Waals surface area contributed by atoms with E-state index in [9.17, 15) is 13.3 Å². The average molecular weight is 788 g/mol. The van der Waals surface area contributed by atoms with E-state index >= 15 is 0 Å². The predicted molar refractivity (Wildman–Crippen MR) is 201 cm³/mol. The highest BCUT2D eigenvalue weighted by Gasteiger charge is 2.24. The largest absolute Gasteiger partial charge is 0.353 e. The minimum absolute atomic E-state index is 0.0486. The van der Waals surface area contributed by atoms with Crippen LogP contribution in [0, 0.1) is 13.8 Å². The maximum atomic E-state index is 14.0. The van der Waals surface area contributed by atoms with Crippen molar-refractivity contribution in [1.29, 1.82) is 0 Å². The first kappa shape index (κ1) is 39.2. The highest BCUT2D eigenvalue weighted by atomic mass is 127. The SMILES string of the molecule is CC.CC.CC.Cc1ncc(Nc2cc(Nc3ccc(-c4cncn4C)cc3S(C)(C)O)c3nc(C(F)F)n(PI)c3n2)nc1C. The Kier molecular flexibility index (Phi) is 15.2. The van der Waals surface area contributed by atoms with Gasteiger partial charge in [-0.2, -0.15) is 0 Å². The summed E-state index contributed by atoms with van der Waals surface area (Å²) in [5.41, 5.74) is 5.03. The molecule has 3 N–H and O–H groups in total. The van der Waals surface area contributed by atoms with Gasteiger partial charge in [0.25, 0.3) is 6.43 Å². The number of rotatable bonds is 8. The molecule has 0 saturated carbocycles. The van der Waals surface area contributed by atoms with Crippen molar-refractivity contribution in [2.75, 3.05) is 23.1 Å². The molecule has 0 saturated heterocycles. The van der Waals surface area contributed by atoms with E-state index in [-0.39, 0.29) is 12.2 Å². The summed E-state index contributed by atoms with van der Waals surface area (Å²) < 4.78 is 42.4. The first-order chi connectivity index (χ1) is 22.0. The second-order valence-corrected chi connectivity index (χ2v) is 14.5. The molecular formula is C31H45F2IN9OPS. The quantitative estimate of drug-likeness (QED) is 0.105. The molecule has 0 aliphatic carbocycles. The van der Waals surface area contributed by atoms with Crippen molar-refractivity contribution in [1.82, 2.24) is 33.8 Å². The molecule has 1 aromatic carbocycles. The molecular weight excluding hydrogens is 742 g/mol. The van der Waals surface area contributed by atoms with Crippen LogP contribution in [0.2, 0.25) is 0 Å². The van der Waals surface area contributed by atoms with E-state index in [4.69, 9.17) is 0 Å². The molecule has 5 rings (SSSR count). The maximum Gasteiger partial charge on any atom is 0.295 e. The smallest absolute Gasteiger partial charge is 0.295 e. The molecule has 0 aliphatic heterocycles. The zero-order chi connectivity index (χ0) is 34.8. The summed E-state index contributed by atoms with van der Waals surface area (Å²) in [6.45, 7) is 15.7. The fraction of sp³-hybridized carbons (Fsp3) is 0.387. The van der Waals surface area contributed by atoms with Gasteiger partial charge in [0.05, 0.1) is 53.6 Å². The van der Waals surface area contributed by atoms with Gasteiger partial charge < -0.3 is 19.8 Å². The molecule has 15 heteroatoms. The molecule has 0 amide bonds. The van der Waals surface area contributed by atoms with Crippen molar-refractivity contribution in [2.24, 2.45) is 7.05 Å². The van der Waals surface area contributed by atoms with E-state index in [0.717, 1.165) is 22.6 Å². The number of hydrogen-bond donors (Lipinski definition) is 3. The second-order valence-electron chi connectivity index (χ2n) is 9.47. The van der Waals surface area contributed by atoms with Gasteiger partial charge in [-0.05, 0) is 60.5 Å². The van der Waals surface area contributed by atoms with E-state index < -0.39 is 16.7 Å².